The number of imidazole rings is 1. The number of carbonyl (C=O) groups excluding carboxylic acids is 2. The first kappa shape index (κ1) is 31.8. The third-order valence-corrected chi connectivity index (χ3v) is 9.14. The molecule has 2 aromatic carbocycles. The Labute approximate surface area is 270 Å². The van der Waals surface area contributed by atoms with Crippen LogP contribution < -0.4 is 16.4 Å². The number of nitrogens with zero attached hydrogens (tertiary/aromatic N) is 5. The van der Waals surface area contributed by atoms with E-state index in [0.717, 1.165) is 31.5 Å². The molecule has 0 spiro atoms. The Kier molecular flexibility index (Phi) is 8.74. The molecule has 13 heteroatoms. The molecule has 5 N–H and O–H groups in total. The quantitative estimate of drug-likeness (QED) is 0.162. The molecule has 244 valence electrons. The highest BCUT2D eigenvalue weighted by atomic mass is 19.2. The average Bonchev–Trinajstić information content (AvgIpc) is 3.68. The van der Waals surface area contributed by atoms with Crippen LogP contribution in [0, 0.1) is 24.5 Å². The number of nitrogens with two attached hydrogens (primary N) is 1. The van der Waals surface area contributed by atoms with Crippen molar-refractivity contribution in [1.82, 2.24) is 29.9 Å². The van der Waals surface area contributed by atoms with Gasteiger partial charge in [-0.2, -0.15) is 5.10 Å². The van der Waals surface area contributed by atoms with Gasteiger partial charge in [0.1, 0.15) is 0 Å². The number of likely N-dealkylation sites (tertiary alicyclic amines) is 1. The van der Waals surface area contributed by atoms with Gasteiger partial charge in [-0.1, -0.05) is 13.0 Å². The van der Waals surface area contributed by atoms with Crippen molar-refractivity contribution in [3.63, 3.8) is 0 Å². The van der Waals surface area contributed by atoms with E-state index < -0.39 is 11.6 Å². The second kappa shape index (κ2) is 12.9. The SMILES string of the molecule is CCc1cc(Nc2nccn3c(-c4ccc(-c5c[nH]nc5C)c(F)c4F)cnc23)ccc1C(=O)NCC1CC[N+](C)(CC(N)=O)CC1. The smallest absolute Gasteiger partial charge is 0.272 e. The molecule has 6 rings (SSSR count). The molecule has 0 atom stereocenters. The zero-order valence-electron chi connectivity index (χ0n) is 26.6. The summed E-state index contributed by atoms with van der Waals surface area (Å²) in [5.41, 5.74) is 9.63. The number of fused-ring (bicyclic) bond motifs is 1. The van der Waals surface area contributed by atoms with E-state index in [9.17, 15) is 9.59 Å². The third kappa shape index (κ3) is 6.43. The number of aromatic nitrogens is 5. The summed E-state index contributed by atoms with van der Waals surface area (Å²) in [5.74, 6) is -1.60. The van der Waals surface area contributed by atoms with Crippen LogP contribution in [0.25, 0.3) is 28.0 Å². The molecule has 0 radical (unpaired) electrons. The summed E-state index contributed by atoms with van der Waals surface area (Å²) in [6, 6.07) is 8.57. The highest BCUT2D eigenvalue weighted by Gasteiger charge is 2.31. The van der Waals surface area contributed by atoms with Gasteiger partial charge in [-0.15, -0.1) is 0 Å². The second-order valence-electron chi connectivity index (χ2n) is 12.5. The average molecular weight is 643 g/mol. The Balaban J connectivity index is 1.17. The van der Waals surface area contributed by atoms with Gasteiger partial charge >= 0.3 is 0 Å². The highest BCUT2D eigenvalue weighted by molar-refractivity contribution is 5.96. The molecular weight excluding hydrogens is 604 g/mol. The lowest BCUT2D eigenvalue weighted by atomic mass is 9.94. The van der Waals surface area contributed by atoms with E-state index in [-0.39, 0.29) is 22.9 Å². The summed E-state index contributed by atoms with van der Waals surface area (Å²) in [4.78, 5) is 33.5. The van der Waals surface area contributed by atoms with Crippen molar-refractivity contribution in [2.75, 3.05) is 38.5 Å². The number of primary amides is 1. The van der Waals surface area contributed by atoms with Crippen LogP contribution in [0.5, 0.6) is 0 Å². The highest BCUT2D eigenvalue weighted by Crippen LogP contribution is 2.33. The van der Waals surface area contributed by atoms with Crippen molar-refractivity contribution in [3.8, 4) is 22.4 Å². The predicted octanol–water partition coefficient (Wildman–Crippen LogP) is 4.75. The molecule has 1 aliphatic rings. The van der Waals surface area contributed by atoms with Gasteiger partial charge in [-0.25, -0.2) is 18.7 Å². The molecule has 4 heterocycles. The topological polar surface area (TPSA) is 143 Å². The normalized spacial score (nSPS) is 17.9. The van der Waals surface area contributed by atoms with E-state index in [1.165, 1.54) is 24.5 Å². The van der Waals surface area contributed by atoms with Gasteiger partial charge < -0.3 is 20.9 Å². The Hall–Kier alpha value is -5.17. The number of benzene rings is 2. The van der Waals surface area contributed by atoms with Crippen LogP contribution in [-0.2, 0) is 11.2 Å². The molecule has 11 nitrogen and oxygen atoms in total. The van der Waals surface area contributed by atoms with Crippen molar-refractivity contribution < 1.29 is 22.9 Å². The van der Waals surface area contributed by atoms with Crippen LogP contribution in [-0.4, -0.2) is 74.1 Å². The van der Waals surface area contributed by atoms with E-state index in [1.807, 2.05) is 26.1 Å². The lowest BCUT2D eigenvalue weighted by molar-refractivity contribution is -0.907. The summed E-state index contributed by atoms with van der Waals surface area (Å²) in [6.45, 7) is 6.33. The monoisotopic (exact) mass is 642 g/mol. The maximum absolute atomic E-state index is 15.4. The first-order valence-corrected chi connectivity index (χ1v) is 15.7. The molecule has 0 saturated carbocycles. The number of hydrogen-bond acceptors (Lipinski definition) is 6. The van der Waals surface area contributed by atoms with Crippen molar-refractivity contribution in [3.05, 3.63) is 83.6 Å². The standard InChI is InChI=1S/C34H37F2N9O2/c1-4-22-15-23(5-6-24(22)34(47)40-16-21-9-13-45(3,14-10-21)19-29(37)46)42-32-33-39-18-28(44(33)12-11-38-32)26-8-7-25(30(35)31(26)36)27-17-41-43-20(27)2/h5-8,11-12,15,17-18,21H,4,9-10,13-14,16,19H2,1-3H3,(H4-,37,38,40,41,42,43,46,47)/p+1. The number of hydrogen-bond donors (Lipinski definition) is 4. The van der Waals surface area contributed by atoms with Crippen LogP contribution in [0.15, 0.2) is 55.1 Å². The number of aromatic amines is 1. The Bertz CT molecular complexity index is 1960. The molecule has 5 aromatic rings. The number of likely N-dealkylation sites (N-methyl/N-ethyl adjacent to an activating group) is 1. The van der Waals surface area contributed by atoms with Gasteiger partial charge in [-0.05, 0) is 49.1 Å². The van der Waals surface area contributed by atoms with Gasteiger partial charge in [0.05, 0.1) is 37.7 Å². The minimum atomic E-state index is -0.984. The van der Waals surface area contributed by atoms with Gasteiger partial charge in [0.2, 0.25) is 0 Å². The Morgan fingerprint density at radius 2 is 1.83 bits per heavy atom. The van der Waals surface area contributed by atoms with Gasteiger partial charge in [0.25, 0.3) is 11.8 Å². The maximum atomic E-state index is 15.4. The van der Waals surface area contributed by atoms with E-state index in [0.29, 0.717) is 69.6 Å². The molecule has 0 aliphatic carbocycles. The third-order valence-electron chi connectivity index (χ3n) is 9.14. The molecule has 0 bridgehead atoms. The van der Waals surface area contributed by atoms with Crippen LogP contribution in [0.1, 0.15) is 41.4 Å². The predicted molar refractivity (Wildman–Crippen MR) is 175 cm³/mol. The summed E-state index contributed by atoms with van der Waals surface area (Å²) in [7, 11) is 2.05. The van der Waals surface area contributed by atoms with Crippen molar-refractivity contribution >= 4 is 29.0 Å². The first-order valence-electron chi connectivity index (χ1n) is 15.7. The van der Waals surface area contributed by atoms with Crippen molar-refractivity contribution in [2.24, 2.45) is 11.7 Å². The Morgan fingerprint density at radius 1 is 1.09 bits per heavy atom. The molecule has 1 saturated heterocycles. The van der Waals surface area contributed by atoms with Crippen LogP contribution in [0.2, 0.25) is 0 Å². The summed E-state index contributed by atoms with van der Waals surface area (Å²) in [6.07, 6.45) is 8.69. The fourth-order valence-electron chi connectivity index (χ4n) is 6.43. The number of anilines is 2. The largest absolute Gasteiger partial charge is 0.365 e. The number of halogens is 2. The summed E-state index contributed by atoms with van der Waals surface area (Å²) >= 11 is 0. The molecule has 1 fully saturated rings. The lowest BCUT2D eigenvalue weighted by Gasteiger charge is -2.39. The zero-order chi connectivity index (χ0) is 33.3. The molecule has 0 unspecified atom stereocenters. The number of H-pyrrole nitrogens is 1. The van der Waals surface area contributed by atoms with Crippen LogP contribution in [0.3, 0.4) is 0 Å². The number of nitrogens with one attached hydrogen (secondary N) is 3. The number of carbonyl (C=O) groups is 2. The first-order chi connectivity index (χ1) is 22.6. The number of rotatable bonds is 10. The fourth-order valence-corrected chi connectivity index (χ4v) is 6.43. The maximum Gasteiger partial charge on any atom is 0.272 e. The van der Waals surface area contributed by atoms with Crippen molar-refractivity contribution in [2.45, 2.75) is 33.1 Å². The van der Waals surface area contributed by atoms with E-state index in [4.69, 9.17) is 5.73 Å². The molecule has 1 aliphatic heterocycles. The summed E-state index contributed by atoms with van der Waals surface area (Å²) < 4.78 is 32.9. The Morgan fingerprint density at radius 3 is 2.53 bits per heavy atom. The number of piperidine rings is 1. The molecule has 2 amide bonds. The minimum Gasteiger partial charge on any atom is -0.365 e. The minimum absolute atomic E-state index is 0.0626. The molecule has 47 heavy (non-hydrogen) atoms. The van der Waals surface area contributed by atoms with E-state index >= 15 is 8.78 Å². The summed E-state index contributed by atoms with van der Waals surface area (Å²) in [5, 5.41) is 13.1. The van der Waals surface area contributed by atoms with Crippen molar-refractivity contribution in [1.29, 1.82) is 0 Å². The fraction of sp³-hybridized carbons (Fsp3) is 0.324. The van der Waals surface area contributed by atoms with Crippen LogP contribution >= 0.6 is 0 Å². The van der Waals surface area contributed by atoms with Crippen LogP contribution in [0.4, 0.5) is 20.3 Å². The zero-order valence-corrected chi connectivity index (χ0v) is 26.6. The van der Waals surface area contributed by atoms with Gasteiger partial charge in [-0.3, -0.25) is 19.1 Å². The second-order valence-corrected chi connectivity index (χ2v) is 12.5. The number of amides is 2. The lowest BCUT2D eigenvalue weighted by Crippen LogP contribution is -2.54. The number of aryl methyl sites for hydroxylation is 2. The van der Waals surface area contributed by atoms with Gasteiger partial charge in [0.15, 0.2) is 29.6 Å². The van der Waals surface area contributed by atoms with E-state index in [1.54, 1.807) is 29.8 Å². The van der Waals surface area contributed by atoms with Gasteiger partial charge in [0, 0.05) is 65.9 Å². The molecule has 3 aromatic heterocycles. The van der Waals surface area contributed by atoms with E-state index in [2.05, 4.69) is 30.8 Å². The number of quaternary nitrogens is 1. The molecular formula is C34H38F2N9O2+.